The zero-order valence-corrected chi connectivity index (χ0v) is 16.5. The minimum Gasteiger partial charge on any atom is -0.450 e. The number of ether oxygens (including phenoxy) is 2. The van der Waals surface area contributed by atoms with Crippen molar-refractivity contribution in [3.63, 3.8) is 0 Å². The molecule has 2 amide bonds. The first-order valence-corrected chi connectivity index (χ1v) is 9.13. The van der Waals surface area contributed by atoms with E-state index < -0.39 is 17.8 Å². The molecule has 150 valence electrons. The van der Waals surface area contributed by atoms with E-state index in [2.05, 4.69) is 5.32 Å². The highest BCUT2D eigenvalue weighted by molar-refractivity contribution is 6.30. The van der Waals surface area contributed by atoms with Crippen molar-refractivity contribution in [1.82, 2.24) is 0 Å². The van der Waals surface area contributed by atoms with Crippen LogP contribution in [0.4, 0.5) is 20.6 Å². The van der Waals surface area contributed by atoms with E-state index in [0.29, 0.717) is 30.3 Å². The average molecular weight is 409 g/mol. The Morgan fingerprint density at radius 1 is 1.18 bits per heavy atom. The highest BCUT2D eigenvalue weighted by Crippen LogP contribution is 2.25. The van der Waals surface area contributed by atoms with Gasteiger partial charge in [0, 0.05) is 31.0 Å². The Morgan fingerprint density at radius 2 is 1.89 bits per heavy atom. The van der Waals surface area contributed by atoms with Crippen molar-refractivity contribution in [1.29, 1.82) is 0 Å². The van der Waals surface area contributed by atoms with Crippen molar-refractivity contribution in [2.45, 2.75) is 13.3 Å². The van der Waals surface area contributed by atoms with E-state index in [4.69, 9.17) is 21.1 Å². The molecule has 0 unspecified atom stereocenters. The van der Waals surface area contributed by atoms with Crippen LogP contribution in [0, 0.1) is 5.82 Å². The summed E-state index contributed by atoms with van der Waals surface area (Å²) in [5.41, 5.74) is 0.799. The highest BCUT2D eigenvalue weighted by atomic mass is 35.5. The molecular weight excluding hydrogens is 387 g/mol. The van der Waals surface area contributed by atoms with Crippen LogP contribution in [0.1, 0.15) is 23.7 Å². The maximum Gasteiger partial charge on any atom is 0.411 e. The number of carbonyl (C=O) groups excluding carboxylic acids is 2. The minimum atomic E-state index is -0.764. The maximum absolute atomic E-state index is 13.7. The summed E-state index contributed by atoms with van der Waals surface area (Å²) < 4.78 is 23.6. The molecule has 1 N–H and O–H groups in total. The number of halogens is 2. The van der Waals surface area contributed by atoms with Crippen LogP contribution in [0.3, 0.4) is 0 Å². The van der Waals surface area contributed by atoms with Crippen molar-refractivity contribution < 1.29 is 23.5 Å². The molecule has 0 bridgehead atoms. The van der Waals surface area contributed by atoms with Gasteiger partial charge >= 0.3 is 6.09 Å². The predicted molar refractivity (Wildman–Crippen MR) is 107 cm³/mol. The summed E-state index contributed by atoms with van der Waals surface area (Å²) in [6.07, 6.45) is -0.174. The van der Waals surface area contributed by atoms with Gasteiger partial charge in [0.15, 0.2) is 0 Å². The van der Waals surface area contributed by atoms with Crippen LogP contribution in [0.5, 0.6) is 0 Å². The summed E-state index contributed by atoms with van der Waals surface area (Å²) in [5.74, 6) is -0.981. The van der Waals surface area contributed by atoms with Gasteiger partial charge in [0.25, 0.3) is 5.91 Å². The zero-order chi connectivity index (χ0) is 20.5. The number of benzene rings is 2. The molecule has 0 saturated carbocycles. The normalized spacial score (nSPS) is 10.4. The second-order valence-corrected chi connectivity index (χ2v) is 6.25. The van der Waals surface area contributed by atoms with E-state index in [1.807, 2.05) is 0 Å². The van der Waals surface area contributed by atoms with Crippen molar-refractivity contribution in [2.75, 3.05) is 37.1 Å². The Morgan fingerprint density at radius 3 is 2.54 bits per heavy atom. The molecule has 0 fully saturated rings. The fraction of sp³-hybridized carbons (Fsp3) is 0.300. The lowest BCUT2D eigenvalue weighted by molar-refractivity contribution is 0.0984. The van der Waals surface area contributed by atoms with Crippen molar-refractivity contribution in [3.8, 4) is 0 Å². The molecule has 0 aliphatic carbocycles. The van der Waals surface area contributed by atoms with Crippen molar-refractivity contribution in [2.24, 2.45) is 0 Å². The molecule has 0 saturated heterocycles. The summed E-state index contributed by atoms with van der Waals surface area (Å²) >= 11 is 5.94. The standard InChI is InChI=1S/C20H22ClFN2O4/c1-3-28-20(26)23-18-13-15(22)7-10-17(18)19(25)24(11-4-12-27-2)16-8-5-14(21)6-9-16/h5-10,13H,3-4,11-12H2,1-2H3,(H,23,26). The lowest BCUT2D eigenvalue weighted by Gasteiger charge is -2.24. The van der Waals surface area contributed by atoms with Gasteiger partial charge in [0.1, 0.15) is 5.82 Å². The maximum atomic E-state index is 13.7. The summed E-state index contributed by atoms with van der Waals surface area (Å²) in [7, 11) is 1.58. The minimum absolute atomic E-state index is 0.0363. The Bertz CT molecular complexity index is 814. The van der Waals surface area contributed by atoms with Gasteiger partial charge in [0.2, 0.25) is 0 Å². The molecule has 28 heavy (non-hydrogen) atoms. The number of methoxy groups -OCH3 is 1. The number of amides is 2. The van der Waals surface area contributed by atoms with Crippen LogP contribution >= 0.6 is 11.6 Å². The number of rotatable bonds is 8. The predicted octanol–water partition coefficient (Wildman–Crippen LogP) is 4.73. The average Bonchev–Trinajstić information content (AvgIpc) is 2.66. The van der Waals surface area contributed by atoms with E-state index in [1.54, 1.807) is 38.3 Å². The van der Waals surface area contributed by atoms with Crippen LogP contribution in [0.15, 0.2) is 42.5 Å². The fourth-order valence-corrected chi connectivity index (χ4v) is 2.69. The smallest absolute Gasteiger partial charge is 0.411 e. The second-order valence-electron chi connectivity index (χ2n) is 5.81. The van der Waals surface area contributed by atoms with Gasteiger partial charge in [-0.15, -0.1) is 0 Å². The molecule has 2 aromatic rings. The third-order valence-corrected chi connectivity index (χ3v) is 4.09. The topological polar surface area (TPSA) is 67.9 Å². The van der Waals surface area contributed by atoms with E-state index in [9.17, 15) is 14.0 Å². The summed E-state index contributed by atoms with van der Waals surface area (Å²) in [6, 6.07) is 10.4. The number of anilines is 2. The van der Waals surface area contributed by atoms with Crippen LogP contribution in [-0.4, -0.2) is 38.9 Å². The monoisotopic (exact) mass is 408 g/mol. The van der Waals surface area contributed by atoms with Crippen molar-refractivity contribution in [3.05, 3.63) is 58.9 Å². The molecule has 2 aromatic carbocycles. The fourth-order valence-electron chi connectivity index (χ4n) is 2.56. The number of hydrogen-bond acceptors (Lipinski definition) is 4. The molecule has 0 spiro atoms. The zero-order valence-electron chi connectivity index (χ0n) is 15.7. The molecule has 2 rings (SSSR count). The third kappa shape index (κ3) is 5.94. The first-order chi connectivity index (χ1) is 13.5. The highest BCUT2D eigenvalue weighted by Gasteiger charge is 2.22. The SMILES string of the molecule is CCOC(=O)Nc1cc(F)ccc1C(=O)N(CCCOC)c1ccc(Cl)cc1. The largest absolute Gasteiger partial charge is 0.450 e. The van der Waals surface area contributed by atoms with E-state index in [-0.39, 0.29) is 17.9 Å². The van der Waals surface area contributed by atoms with Crippen LogP contribution in [0.2, 0.25) is 5.02 Å². The number of carbonyl (C=O) groups is 2. The van der Waals surface area contributed by atoms with Crippen molar-refractivity contribution >= 4 is 35.0 Å². The van der Waals surface area contributed by atoms with Gasteiger partial charge in [-0.05, 0) is 55.8 Å². The molecule has 0 aliphatic rings. The van der Waals surface area contributed by atoms with Crippen LogP contribution < -0.4 is 10.2 Å². The second kappa shape index (κ2) is 10.6. The molecule has 0 atom stereocenters. The lowest BCUT2D eigenvalue weighted by atomic mass is 10.1. The Hall–Kier alpha value is -2.64. The van der Waals surface area contributed by atoms with Gasteiger partial charge in [-0.1, -0.05) is 11.6 Å². The molecule has 0 heterocycles. The van der Waals surface area contributed by atoms with Crippen LogP contribution in [0.25, 0.3) is 0 Å². The Kier molecular flexibility index (Phi) is 8.22. The first-order valence-electron chi connectivity index (χ1n) is 8.76. The lowest BCUT2D eigenvalue weighted by Crippen LogP contribution is -2.33. The van der Waals surface area contributed by atoms with Gasteiger partial charge in [0.05, 0.1) is 17.9 Å². The number of nitrogens with zero attached hydrogens (tertiary/aromatic N) is 1. The molecule has 0 aliphatic heterocycles. The molecule has 0 aromatic heterocycles. The van der Waals surface area contributed by atoms with Crippen LogP contribution in [-0.2, 0) is 9.47 Å². The quantitative estimate of drug-likeness (QED) is 0.641. The van der Waals surface area contributed by atoms with Gasteiger partial charge in [-0.3, -0.25) is 10.1 Å². The van der Waals surface area contributed by atoms with Gasteiger partial charge < -0.3 is 14.4 Å². The summed E-state index contributed by atoms with van der Waals surface area (Å²) in [4.78, 5) is 26.5. The van der Waals surface area contributed by atoms with Gasteiger partial charge in [-0.25, -0.2) is 9.18 Å². The van der Waals surface area contributed by atoms with E-state index in [0.717, 1.165) is 6.07 Å². The van der Waals surface area contributed by atoms with E-state index in [1.165, 1.54) is 17.0 Å². The Balaban J connectivity index is 2.37. The third-order valence-electron chi connectivity index (χ3n) is 3.84. The molecular formula is C20H22ClFN2O4. The van der Waals surface area contributed by atoms with E-state index >= 15 is 0 Å². The Labute approximate surface area is 168 Å². The number of hydrogen-bond donors (Lipinski definition) is 1. The van der Waals surface area contributed by atoms with Gasteiger partial charge in [-0.2, -0.15) is 0 Å². The molecule has 0 radical (unpaired) electrons. The molecule has 8 heteroatoms. The molecule has 6 nitrogen and oxygen atoms in total. The summed E-state index contributed by atoms with van der Waals surface area (Å²) in [6.45, 7) is 2.63. The first kappa shape index (κ1) is 21.7. The summed E-state index contributed by atoms with van der Waals surface area (Å²) in [5, 5.41) is 2.96. The number of nitrogens with one attached hydrogen (secondary N) is 1.